The molecule has 1 saturated heterocycles. The number of nitrogens with zero attached hydrogens (tertiary/aromatic N) is 3. The topological polar surface area (TPSA) is 48.5 Å². The van der Waals surface area contributed by atoms with Gasteiger partial charge in [0.25, 0.3) is 5.91 Å². The Morgan fingerprint density at radius 3 is 2.70 bits per heavy atom. The lowest BCUT2D eigenvalue weighted by Crippen LogP contribution is -2.44. The van der Waals surface area contributed by atoms with Gasteiger partial charge in [-0.1, -0.05) is 12.8 Å². The van der Waals surface area contributed by atoms with Crippen LogP contribution in [0.2, 0.25) is 0 Å². The SMILES string of the molecule is CN1CCN(c2nc(C(=O)NC3CCCC3)cs2)CC1. The lowest BCUT2D eigenvalue weighted by atomic mass is 10.2. The van der Waals surface area contributed by atoms with Gasteiger partial charge in [0.2, 0.25) is 0 Å². The predicted molar refractivity (Wildman–Crippen MR) is 81.5 cm³/mol. The van der Waals surface area contributed by atoms with Crippen LogP contribution in [-0.4, -0.2) is 55.1 Å². The largest absolute Gasteiger partial charge is 0.348 e. The van der Waals surface area contributed by atoms with Crippen LogP contribution in [0.5, 0.6) is 0 Å². The molecule has 0 radical (unpaired) electrons. The van der Waals surface area contributed by atoms with Gasteiger partial charge in [-0.05, 0) is 19.9 Å². The van der Waals surface area contributed by atoms with Crippen molar-refractivity contribution in [3.63, 3.8) is 0 Å². The Morgan fingerprint density at radius 1 is 1.30 bits per heavy atom. The molecule has 6 heteroatoms. The maximum absolute atomic E-state index is 12.2. The van der Waals surface area contributed by atoms with E-state index in [1.54, 1.807) is 11.3 Å². The number of piperazine rings is 1. The minimum absolute atomic E-state index is 0.00599. The van der Waals surface area contributed by atoms with E-state index in [9.17, 15) is 4.79 Å². The number of thiazole rings is 1. The van der Waals surface area contributed by atoms with Crippen molar-refractivity contribution < 1.29 is 4.79 Å². The highest BCUT2D eigenvalue weighted by molar-refractivity contribution is 7.13. The number of carbonyl (C=O) groups is 1. The van der Waals surface area contributed by atoms with Gasteiger partial charge in [0.15, 0.2) is 5.13 Å². The number of nitrogens with one attached hydrogen (secondary N) is 1. The Hall–Kier alpha value is -1.14. The Balaban J connectivity index is 1.59. The maximum Gasteiger partial charge on any atom is 0.271 e. The van der Waals surface area contributed by atoms with Gasteiger partial charge in [-0.25, -0.2) is 4.98 Å². The summed E-state index contributed by atoms with van der Waals surface area (Å²) in [4.78, 5) is 21.3. The second kappa shape index (κ2) is 6.10. The minimum atomic E-state index is -0.00599. The molecule has 5 nitrogen and oxygen atoms in total. The molecule has 0 unspecified atom stereocenters. The van der Waals surface area contributed by atoms with E-state index in [0.717, 1.165) is 44.2 Å². The molecule has 1 N–H and O–H groups in total. The zero-order valence-electron chi connectivity index (χ0n) is 12.0. The summed E-state index contributed by atoms with van der Waals surface area (Å²) in [5.74, 6) is -0.00599. The van der Waals surface area contributed by atoms with Gasteiger partial charge < -0.3 is 15.1 Å². The fourth-order valence-electron chi connectivity index (χ4n) is 2.84. The van der Waals surface area contributed by atoms with Crippen LogP contribution in [0.4, 0.5) is 5.13 Å². The average molecular weight is 294 g/mol. The van der Waals surface area contributed by atoms with E-state index in [-0.39, 0.29) is 5.91 Å². The summed E-state index contributed by atoms with van der Waals surface area (Å²) in [6, 6.07) is 0.358. The van der Waals surface area contributed by atoms with Crippen LogP contribution >= 0.6 is 11.3 Å². The molecule has 2 fully saturated rings. The molecule has 0 bridgehead atoms. The van der Waals surface area contributed by atoms with Gasteiger partial charge in [0.05, 0.1) is 0 Å². The molecule has 1 aromatic rings. The number of hydrogen-bond donors (Lipinski definition) is 1. The average Bonchev–Trinajstić information content (AvgIpc) is 3.10. The standard InChI is InChI=1S/C14H22N4OS/c1-17-6-8-18(9-7-17)14-16-12(10-20-14)13(19)15-11-4-2-3-5-11/h10-11H,2-9H2,1H3,(H,15,19). The molecule has 110 valence electrons. The quantitative estimate of drug-likeness (QED) is 0.919. The fourth-order valence-corrected chi connectivity index (χ4v) is 3.70. The summed E-state index contributed by atoms with van der Waals surface area (Å²) in [5, 5.41) is 5.96. The van der Waals surface area contributed by atoms with Crippen molar-refractivity contribution in [1.82, 2.24) is 15.2 Å². The molecule has 20 heavy (non-hydrogen) atoms. The number of amides is 1. The molecular formula is C14H22N4OS. The van der Waals surface area contributed by atoms with E-state index >= 15 is 0 Å². The smallest absolute Gasteiger partial charge is 0.271 e. The summed E-state index contributed by atoms with van der Waals surface area (Å²) >= 11 is 1.58. The Bertz CT molecular complexity index is 461. The normalized spacial score (nSPS) is 21.4. The van der Waals surface area contributed by atoms with Crippen LogP contribution < -0.4 is 10.2 Å². The van der Waals surface area contributed by atoms with E-state index in [2.05, 4.69) is 27.1 Å². The highest BCUT2D eigenvalue weighted by Crippen LogP contribution is 2.23. The van der Waals surface area contributed by atoms with Crippen LogP contribution in [-0.2, 0) is 0 Å². The molecule has 0 aromatic carbocycles. The summed E-state index contributed by atoms with van der Waals surface area (Å²) < 4.78 is 0. The van der Waals surface area contributed by atoms with Crippen molar-refractivity contribution in [3.05, 3.63) is 11.1 Å². The highest BCUT2D eigenvalue weighted by atomic mass is 32.1. The van der Waals surface area contributed by atoms with Crippen molar-refractivity contribution in [2.45, 2.75) is 31.7 Å². The van der Waals surface area contributed by atoms with Gasteiger partial charge in [-0.2, -0.15) is 0 Å². The summed E-state index contributed by atoms with van der Waals surface area (Å²) in [7, 11) is 2.14. The molecule has 1 amide bonds. The van der Waals surface area contributed by atoms with Gasteiger partial charge in [0.1, 0.15) is 5.69 Å². The first-order chi connectivity index (χ1) is 9.72. The molecule has 3 rings (SSSR count). The van der Waals surface area contributed by atoms with Crippen molar-refractivity contribution in [1.29, 1.82) is 0 Å². The third-order valence-corrected chi connectivity index (χ3v) is 5.09. The fraction of sp³-hybridized carbons (Fsp3) is 0.714. The Labute approximate surface area is 124 Å². The van der Waals surface area contributed by atoms with Gasteiger partial charge in [-0.3, -0.25) is 4.79 Å². The third-order valence-electron chi connectivity index (χ3n) is 4.19. The number of rotatable bonds is 3. The zero-order valence-corrected chi connectivity index (χ0v) is 12.8. The van der Waals surface area contributed by atoms with Gasteiger partial charge >= 0.3 is 0 Å². The van der Waals surface area contributed by atoms with E-state index in [0.29, 0.717) is 11.7 Å². The molecule has 0 atom stereocenters. The molecule has 1 aliphatic carbocycles. The van der Waals surface area contributed by atoms with Crippen molar-refractivity contribution in [2.24, 2.45) is 0 Å². The lowest BCUT2D eigenvalue weighted by Gasteiger charge is -2.32. The predicted octanol–water partition coefficient (Wildman–Crippen LogP) is 1.57. The molecule has 0 spiro atoms. The number of aromatic nitrogens is 1. The Kier molecular flexibility index (Phi) is 4.21. The first-order valence-corrected chi connectivity index (χ1v) is 8.30. The van der Waals surface area contributed by atoms with E-state index in [1.807, 2.05) is 5.38 Å². The van der Waals surface area contributed by atoms with Crippen LogP contribution in [0.1, 0.15) is 36.2 Å². The summed E-state index contributed by atoms with van der Waals surface area (Å²) in [6.45, 7) is 4.10. The summed E-state index contributed by atoms with van der Waals surface area (Å²) in [5.41, 5.74) is 0.579. The molecule has 1 aromatic heterocycles. The van der Waals surface area contributed by atoms with Crippen LogP contribution in [0.15, 0.2) is 5.38 Å². The second-order valence-electron chi connectivity index (χ2n) is 5.76. The lowest BCUT2D eigenvalue weighted by molar-refractivity contribution is 0.0933. The summed E-state index contributed by atoms with van der Waals surface area (Å²) in [6.07, 6.45) is 4.69. The van der Waals surface area contributed by atoms with Crippen LogP contribution in [0.25, 0.3) is 0 Å². The number of hydrogen-bond acceptors (Lipinski definition) is 5. The minimum Gasteiger partial charge on any atom is -0.348 e. The molecular weight excluding hydrogens is 272 g/mol. The molecule has 1 saturated carbocycles. The number of carbonyl (C=O) groups excluding carboxylic acids is 1. The number of likely N-dealkylation sites (N-methyl/N-ethyl adjacent to an activating group) is 1. The highest BCUT2D eigenvalue weighted by Gasteiger charge is 2.21. The first kappa shape index (κ1) is 13.8. The van der Waals surface area contributed by atoms with E-state index in [4.69, 9.17) is 0 Å². The first-order valence-electron chi connectivity index (χ1n) is 7.42. The third kappa shape index (κ3) is 3.12. The zero-order chi connectivity index (χ0) is 13.9. The van der Waals surface area contributed by atoms with Crippen molar-refractivity contribution >= 4 is 22.4 Å². The van der Waals surface area contributed by atoms with Gasteiger partial charge in [-0.15, -0.1) is 11.3 Å². The second-order valence-corrected chi connectivity index (χ2v) is 6.60. The van der Waals surface area contributed by atoms with E-state index in [1.165, 1.54) is 12.8 Å². The molecule has 2 heterocycles. The van der Waals surface area contributed by atoms with Gasteiger partial charge in [0, 0.05) is 37.6 Å². The number of anilines is 1. The van der Waals surface area contributed by atoms with Crippen molar-refractivity contribution in [2.75, 3.05) is 38.1 Å². The molecule has 1 aliphatic heterocycles. The maximum atomic E-state index is 12.2. The molecule has 2 aliphatic rings. The van der Waals surface area contributed by atoms with Crippen LogP contribution in [0.3, 0.4) is 0 Å². The van der Waals surface area contributed by atoms with E-state index < -0.39 is 0 Å². The Morgan fingerprint density at radius 2 is 2.00 bits per heavy atom. The van der Waals surface area contributed by atoms with Crippen molar-refractivity contribution in [3.8, 4) is 0 Å². The monoisotopic (exact) mass is 294 g/mol. The van der Waals surface area contributed by atoms with Crippen LogP contribution in [0, 0.1) is 0 Å².